The van der Waals surface area contributed by atoms with Crippen LogP contribution in [-0.2, 0) is 6.54 Å². The fourth-order valence-corrected chi connectivity index (χ4v) is 4.32. The predicted octanol–water partition coefficient (Wildman–Crippen LogP) is 3.98. The lowest BCUT2D eigenvalue weighted by molar-refractivity contribution is 0.0697. The number of hydrogen-bond acceptors (Lipinski definition) is 2. The number of carbonyl (C=O) groups is 1. The highest BCUT2D eigenvalue weighted by Gasteiger charge is 2.42. The SMILES string of the molecule is O=C(O)c1ccc(CNC2CCCC23CCCCC3)cc1. The Morgan fingerprint density at radius 1 is 1.10 bits per heavy atom. The molecular weight excluding hydrogens is 262 g/mol. The van der Waals surface area contributed by atoms with E-state index >= 15 is 0 Å². The highest BCUT2D eigenvalue weighted by atomic mass is 16.4. The molecular formula is C18H25NO2. The van der Waals surface area contributed by atoms with E-state index in [0.29, 0.717) is 17.0 Å². The van der Waals surface area contributed by atoms with Crippen molar-refractivity contribution in [2.75, 3.05) is 0 Å². The Morgan fingerprint density at radius 3 is 2.43 bits per heavy atom. The van der Waals surface area contributed by atoms with Crippen molar-refractivity contribution >= 4 is 5.97 Å². The lowest BCUT2D eigenvalue weighted by Gasteiger charge is -2.39. The summed E-state index contributed by atoms with van der Waals surface area (Å²) in [7, 11) is 0. The smallest absolute Gasteiger partial charge is 0.335 e. The van der Waals surface area contributed by atoms with Crippen molar-refractivity contribution in [3.63, 3.8) is 0 Å². The molecule has 21 heavy (non-hydrogen) atoms. The molecule has 0 radical (unpaired) electrons. The number of benzene rings is 1. The van der Waals surface area contributed by atoms with E-state index in [1.807, 2.05) is 12.1 Å². The Morgan fingerprint density at radius 2 is 1.76 bits per heavy atom. The van der Waals surface area contributed by atoms with E-state index in [-0.39, 0.29) is 0 Å². The molecule has 1 aromatic carbocycles. The molecule has 3 heteroatoms. The standard InChI is InChI=1S/C18H25NO2/c20-17(21)15-8-6-14(7-9-15)13-19-16-5-4-12-18(16)10-2-1-3-11-18/h6-9,16,19H,1-5,10-13H2,(H,20,21). The molecule has 0 amide bonds. The first-order chi connectivity index (χ1) is 10.2. The van der Waals surface area contributed by atoms with Gasteiger partial charge >= 0.3 is 5.97 Å². The monoisotopic (exact) mass is 287 g/mol. The Bertz CT molecular complexity index is 488. The van der Waals surface area contributed by atoms with Gasteiger partial charge in [0.2, 0.25) is 0 Å². The van der Waals surface area contributed by atoms with Gasteiger partial charge in [0.25, 0.3) is 0 Å². The summed E-state index contributed by atoms with van der Waals surface area (Å²) >= 11 is 0. The van der Waals surface area contributed by atoms with Crippen molar-refractivity contribution in [3.05, 3.63) is 35.4 Å². The van der Waals surface area contributed by atoms with Crippen molar-refractivity contribution in [3.8, 4) is 0 Å². The Balaban J connectivity index is 1.60. The number of nitrogens with one attached hydrogen (secondary N) is 1. The van der Waals surface area contributed by atoms with Crippen LogP contribution in [0.25, 0.3) is 0 Å². The molecule has 2 aliphatic carbocycles. The molecule has 3 rings (SSSR count). The molecule has 2 saturated carbocycles. The second-order valence-corrected chi connectivity index (χ2v) is 6.75. The van der Waals surface area contributed by atoms with Crippen molar-refractivity contribution in [2.45, 2.75) is 64.0 Å². The zero-order chi connectivity index (χ0) is 14.7. The molecule has 0 saturated heterocycles. The fraction of sp³-hybridized carbons (Fsp3) is 0.611. The predicted molar refractivity (Wildman–Crippen MR) is 83.4 cm³/mol. The van der Waals surface area contributed by atoms with E-state index in [2.05, 4.69) is 5.32 Å². The van der Waals surface area contributed by atoms with E-state index < -0.39 is 5.97 Å². The van der Waals surface area contributed by atoms with Crippen molar-refractivity contribution in [1.82, 2.24) is 5.32 Å². The van der Waals surface area contributed by atoms with Gasteiger partial charge in [-0.05, 0) is 48.8 Å². The Hall–Kier alpha value is -1.35. The second kappa shape index (κ2) is 6.18. The van der Waals surface area contributed by atoms with Crippen LogP contribution in [0.2, 0.25) is 0 Å². The topological polar surface area (TPSA) is 49.3 Å². The first kappa shape index (κ1) is 14.6. The van der Waals surface area contributed by atoms with Gasteiger partial charge in [-0.3, -0.25) is 0 Å². The third-order valence-electron chi connectivity index (χ3n) is 5.51. The van der Waals surface area contributed by atoms with Crippen LogP contribution in [0.1, 0.15) is 67.3 Å². The van der Waals surface area contributed by atoms with E-state index in [1.54, 1.807) is 12.1 Å². The molecule has 0 aromatic heterocycles. The minimum Gasteiger partial charge on any atom is -0.478 e. The maximum atomic E-state index is 10.9. The zero-order valence-corrected chi connectivity index (χ0v) is 12.6. The molecule has 1 aromatic rings. The second-order valence-electron chi connectivity index (χ2n) is 6.75. The van der Waals surface area contributed by atoms with Crippen LogP contribution >= 0.6 is 0 Å². The third kappa shape index (κ3) is 3.13. The van der Waals surface area contributed by atoms with Gasteiger partial charge in [-0.15, -0.1) is 0 Å². The molecule has 3 nitrogen and oxygen atoms in total. The minimum absolute atomic E-state index is 0.364. The van der Waals surface area contributed by atoms with Crippen LogP contribution in [0, 0.1) is 5.41 Å². The summed E-state index contributed by atoms with van der Waals surface area (Å²) in [6.45, 7) is 0.853. The van der Waals surface area contributed by atoms with Crippen LogP contribution in [-0.4, -0.2) is 17.1 Å². The van der Waals surface area contributed by atoms with Gasteiger partial charge in [0.05, 0.1) is 5.56 Å². The van der Waals surface area contributed by atoms with E-state index in [9.17, 15) is 4.79 Å². The molecule has 0 bridgehead atoms. The van der Waals surface area contributed by atoms with Crippen molar-refractivity contribution in [1.29, 1.82) is 0 Å². The van der Waals surface area contributed by atoms with Crippen LogP contribution in [0.15, 0.2) is 24.3 Å². The van der Waals surface area contributed by atoms with Gasteiger partial charge in [0.1, 0.15) is 0 Å². The van der Waals surface area contributed by atoms with Gasteiger partial charge in [-0.1, -0.05) is 37.8 Å². The number of rotatable bonds is 4. The van der Waals surface area contributed by atoms with Gasteiger partial charge in [0, 0.05) is 12.6 Å². The largest absolute Gasteiger partial charge is 0.478 e. The van der Waals surface area contributed by atoms with Gasteiger partial charge in [-0.25, -0.2) is 4.79 Å². The summed E-state index contributed by atoms with van der Waals surface area (Å²) in [4.78, 5) is 10.9. The number of carboxylic acid groups (broad SMARTS) is 1. The average Bonchev–Trinajstić information content (AvgIpc) is 2.88. The normalized spacial score (nSPS) is 24.3. The minimum atomic E-state index is -0.855. The van der Waals surface area contributed by atoms with Gasteiger partial charge < -0.3 is 10.4 Å². The van der Waals surface area contributed by atoms with Gasteiger partial charge in [-0.2, -0.15) is 0 Å². The highest BCUT2D eigenvalue weighted by Crippen LogP contribution is 2.49. The van der Waals surface area contributed by atoms with Crippen LogP contribution < -0.4 is 5.32 Å². The molecule has 114 valence electrons. The maximum absolute atomic E-state index is 10.9. The average molecular weight is 287 g/mol. The summed E-state index contributed by atoms with van der Waals surface area (Å²) in [6.07, 6.45) is 11.0. The summed E-state index contributed by atoms with van der Waals surface area (Å²) in [5, 5.41) is 12.7. The molecule has 0 heterocycles. The van der Waals surface area contributed by atoms with Crippen LogP contribution in [0.5, 0.6) is 0 Å². The van der Waals surface area contributed by atoms with Crippen LogP contribution in [0.4, 0.5) is 0 Å². The maximum Gasteiger partial charge on any atom is 0.335 e. The van der Waals surface area contributed by atoms with Gasteiger partial charge in [0.15, 0.2) is 0 Å². The number of hydrogen-bond donors (Lipinski definition) is 2. The molecule has 2 fully saturated rings. The van der Waals surface area contributed by atoms with E-state index in [0.717, 1.165) is 6.54 Å². The lowest BCUT2D eigenvalue weighted by atomic mass is 9.70. The first-order valence-electron chi connectivity index (χ1n) is 8.25. The summed E-state index contributed by atoms with van der Waals surface area (Å²) in [6, 6.07) is 7.91. The first-order valence-corrected chi connectivity index (χ1v) is 8.25. The van der Waals surface area contributed by atoms with E-state index in [1.165, 1.54) is 56.9 Å². The third-order valence-corrected chi connectivity index (χ3v) is 5.51. The van der Waals surface area contributed by atoms with Crippen molar-refractivity contribution in [2.24, 2.45) is 5.41 Å². The molecule has 2 N–H and O–H groups in total. The lowest BCUT2D eigenvalue weighted by Crippen LogP contribution is -2.42. The van der Waals surface area contributed by atoms with Crippen LogP contribution in [0.3, 0.4) is 0 Å². The molecule has 1 spiro atoms. The van der Waals surface area contributed by atoms with Crippen molar-refractivity contribution < 1.29 is 9.90 Å². The summed E-state index contributed by atoms with van der Waals surface area (Å²) in [5.41, 5.74) is 2.10. The Labute approximate surface area is 126 Å². The molecule has 1 atom stereocenters. The Kier molecular flexibility index (Phi) is 4.29. The fourth-order valence-electron chi connectivity index (χ4n) is 4.32. The molecule has 1 unspecified atom stereocenters. The molecule has 2 aliphatic rings. The highest BCUT2D eigenvalue weighted by molar-refractivity contribution is 5.87. The number of aromatic carboxylic acids is 1. The molecule has 0 aliphatic heterocycles. The number of carboxylic acids is 1. The summed E-state index contributed by atoms with van der Waals surface area (Å²) in [5.74, 6) is -0.855. The van der Waals surface area contributed by atoms with E-state index in [4.69, 9.17) is 5.11 Å². The summed E-state index contributed by atoms with van der Waals surface area (Å²) < 4.78 is 0. The zero-order valence-electron chi connectivity index (χ0n) is 12.6. The quantitative estimate of drug-likeness (QED) is 0.880.